The highest BCUT2D eigenvalue weighted by Crippen LogP contribution is 2.03. The molecule has 0 aliphatic carbocycles. The Bertz CT molecular complexity index is 495. The van der Waals surface area contributed by atoms with E-state index in [-0.39, 0.29) is 5.91 Å². The van der Waals surface area contributed by atoms with Gasteiger partial charge in [0.25, 0.3) is 0 Å². The Morgan fingerprint density at radius 1 is 1.32 bits per heavy atom. The third kappa shape index (κ3) is 4.72. The number of carbonyl (C=O) groups excluding carboxylic acids is 1. The molecule has 22 heavy (non-hydrogen) atoms. The van der Waals surface area contributed by atoms with Crippen LogP contribution in [0, 0.1) is 0 Å². The summed E-state index contributed by atoms with van der Waals surface area (Å²) in [6.07, 6.45) is 4.55. The number of amides is 1. The topological polar surface area (TPSA) is 60.8 Å². The van der Waals surface area contributed by atoms with E-state index in [4.69, 9.17) is 4.99 Å². The van der Waals surface area contributed by atoms with Crippen LogP contribution in [0.5, 0.6) is 0 Å². The van der Waals surface area contributed by atoms with Crippen molar-refractivity contribution in [1.29, 1.82) is 0 Å². The van der Waals surface area contributed by atoms with Crippen LogP contribution in [-0.4, -0.2) is 65.9 Å². The van der Waals surface area contributed by atoms with Crippen molar-refractivity contribution in [2.75, 3.05) is 39.3 Å². The van der Waals surface area contributed by atoms with Gasteiger partial charge in [-0.15, -0.1) is 0 Å². The second-order valence-corrected chi connectivity index (χ2v) is 5.34. The molecule has 0 aromatic carbocycles. The molecular weight excluding hydrogens is 278 g/mol. The number of carbonyl (C=O) groups is 1. The van der Waals surface area contributed by atoms with Crippen LogP contribution in [-0.2, 0) is 11.2 Å². The van der Waals surface area contributed by atoms with Crippen LogP contribution in [0.2, 0.25) is 0 Å². The van der Waals surface area contributed by atoms with E-state index in [1.165, 1.54) is 5.56 Å². The van der Waals surface area contributed by atoms with Crippen LogP contribution < -0.4 is 5.32 Å². The van der Waals surface area contributed by atoms with Crippen molar-refractivity contribution in [1.82, 2.24) is 20.1 Å². The molecule has 0 atom stereocenters. The summed E-state index contributed by atoms with van der Waals surface area (Å²) in [6, 6.07) is 4.02. The Hall–Kier alpha value is -2.11. The highest BCUT2D eigenvalue weighted by Gasteiger charge is 2.20. The third-order valence-electron chi connectivity index (χ3n) is 3.74. The van der Waals surface area contributed by atoms with Gasteiger partial charge < -0.3 is 15.1 Å². The van der Waals surface area contributed by atoms with Gasteiger partial charge in [-0.2, -0.15) is 0 Å². The number of pyridine rings is 1. The van der Waals surface area contributed by atoms with E-state index in [0.29, 0.717) is 0 Å². The van der Waals surface area contributed by atoms with E-state index in [0.717, 1.165) is 51.6 Å². The molecule has 1 aliphatic heterocycles. The maximum Gasteiger partial charge on any atom is 0.219 e. The van der Waals surface area contributed by atoms with Gasteiger partial charge in [0.05, 0.1) is 0 Å². The second kappa shape index (κ2) is 8.36. The average molecular weight is 303 g/mol. The number of aromatic nitrogens is 1. The molecule has 1 aromatic rings. The summed E-state index contributed by atoms with van der Waals surface area (Å²) in [4.78, 5) is 24.3. The van der Waals surface area contributed by atoms with E-state index in [1.54, 1.807) is 13.1 Å². The van der Waals surface area contributed by atoms with Crippen LogP contribution in [0.1, 0.15) is 19.4 Å². The molecule has 2 rings (SSSR count). The molecule has 1 saturated heterocycles. The molecule has 1 fully saturated rings. The smallest absolute Gasteiger partial charge is 0.219 e. The molecule has 0 saturated carbocycles. The molecule has 0 unspecified atom stereocenters. The van der Waals surface area contributed by atoms with Gasteiger partial charge in [0.1, 0.15) is 0 Å². The van der Waals surface area contributed by atoms with Gasteiger partial charge in [-0.3, -0.25) is 14.8 Å². The van der Waals surface area contributed by atoms with Gasteiger partial charge in [-0.1, -0.05) is 6.07 Å². The minimum Gasteiger partial charge on any atom is -0.357 e. The van der Waals surface area contributed by atoms with Crippen LogP contribution in [0.4, 0.5) is 0 Å². The maximum absolute atomic E-state index is 11.4. The quantitative estimate of drug-likeness (QED) is 0.659. The number of rotatable bonds is 4. The van der Waals surface area contributed by atoms with E-state index in [1.807, 2.05) is 17.2 Å². The number of nitrogens with one attached hydrogen (secondary N) is 1. The number of guanidine groups is 1. The number of hydrogen-bond donors (Lipinski definition) is 1. The SMILES string of the molecule is CCNC(=NCCc1cccnc1)N1CCN(C(C)=O)CC1. The lowest BCUT2D eigenvalue weighted by Crippen LogP contribution is -2.53. The Balaban J connectivity index is 1.89. The van der Waals surface area contributed by atoms with Gasteiger partial charge in [0, 0.05) is 58.6 Å². The van der Waals surface area contributed by atoms with Crippen molar-refractivity contribution in [3.63, 3.8) is 0 Å². The van der Waals surface area contributed by atoms with Gasteiger partial charge in [0.15, 0.2) is 5.96 Å². The fourth-order valence-corrected chi connectivity index (χ4v) is 2.50. The normalized spacial score (nSPS) is 15.8. The molecular formula is C16H25N5O. The summed E-state index contributed by atoms with van der Waals surface area (Å²) < 4.78 is 0. The lowest BCUT2D eigenvalue weighted by molar-refractivity contribution is -0.130. The van der Waals surface area contributed by atoms with Crippen LogP contribution in [0.3, 0.4) is 0 Å². The third-order valence-corrected chi connectivity index (χ3v) is 3.74. The largest absolute Gasteiger partial charge is 0.357 e. The van der Waals surface area contributed by atoms with Gasteiger partial charge in [-0.25, -0.2) is 0 Å². The standard InChI is InChI=1S/C16H25N5O/c1-3-18-16(19-8-6-15-5-4-7-17-13-15)21-11-9-20(10-12-21)14(2)22/h4-5,7,13H,3,6,8-12H2,1-2H3,(H,18,19). The predicted octanol–water partition coefficient (Wildman–Crippen LogP) is 0.754. The first kappa shape index (κ1) is 16.3. The summed E-state index contributed by atoms with van der Waals surface area (Å²) in [5.41, 5.74) is 1.20. The molecule has 2 heterocycles. The highest BCUT2D eigenvalue weighted by atomic mass is 16.2. The first-order chi connectivity index (χ1) is 10.7. The zero-order valence-electron chi connectivity index (χ0n) is 13.5. The minimum absolute atomic E-state index is 0.151. The minimum atomic E-state index is 0.151. The Morgan fingerprint density at radius 2 is 2.05 bits per heavy atom. The van der Waals surface area contributed by atoms with Crippen LogP contribution >= 0.6 is 0 Å². The van der Waals surface area contributed by atoms with Crippen LogP contribution in [0.25, 0.3) is 0 Å². The molecule has 1 N–H and O–H groups in total. The fourth-order valence-electron chi connectivity index (χ4n) is 2.50. The van der Waals surface area contributed by atoms with Gasteiger partial charge in [0.2, 0.25) is 5.91 Å². The molecule has 1 aromatic heterocycles. The Kier molecular flexibility index (Phi) is 6.18. The molecule has 6 nitrogen and oxygen atoms in total. The van der Waals surface area contributed by atoms with Crippen LogP contribution in [0.15, 0.2) is 29.5 Å². The van der Waals surface area contributed by atoms with E-state index in [2.05, 4.69) is 28.2 Å². The summed E-state index contributed by atoms with van der Waals surface area (Å²) >= 11 is 0. The van der Waals surface area contributed by atoms with Crippen molar-refractivity contribution < 1.29 is 4.79 Å². The summed E-state index contributed by atoms with van der Waals surface area (Å²) in [5.74, 6) is 1.09. The van der Waals surface area contributed by atoms with Crippen molar-refractivity contribution in [2.24, 2.45) is 4.99 Å². The number of piperazine rings is 1. The maximum atomic E-state index is 11.4. The van der Waals surface area contributed by atoms with Gasteiger partial charge >= 0.3 is 0 Å². The van der Waals surface area contributed by atoms with E-state index >= 15 is 0 Å². The number of nitrogens with zero attached hydrogens (tertiary/aromatic N) is 4. The highest BCUT2D eigenvalue weighted by molar-refractivity contribution is 5.80. The molecule has 0 spiro atoms. The van der Waals surface area contributed by atoms with E-state index < -0.39 is 0 Å². The van der Waals surface area contributed by atoms with Gasteiger partial charge in [-0.05, 0) is 25.0 Å². The van der Waals surface area contributed by atoms with Crippen molar-refractivity contribution in [3.8, 4) is 0 Å². The lowest BCUT2D eigenvalue weighted by atomic mass is 10.2. The predicted molar refractivity (Wildman–Crippen MR) is 87.7 cm³/mol. The Labute approximate surface area is 132 Å². The van der Waals surface area contributed by atoms with Crippen molar-refractivity contribution in [3.05, 3.63) is 30.1 Å². The first-order valence-electron chi connectivity index (χ1n) is 7.88. The second-order valence-electron chi connectivity index (χ2n) is 5.34. The zero-order valence-corrected chi connectivity index (χ0v) is 13.5. The monoisotopic (exact) mass is 303 g/mol. The first-order valence-corrected chi connectivity index (χ1v) is 7.88. The van der Waals surface area contributed by atoms with E-state index in [9.17, 15) is 4.79 Å². The average Bonchev–Trinajstić information content (AvgIpc) is 2.55. The molecule has 1 aliphatic rings. The number of hydrogen-bond acceptors (Lipinski definition) is 3. The zero-order chi connectivity index (χ0) is 15.8. The molecule has 6 heteroatoms. The molecule has 1 amide bonds. The summed E-state index contributed by atoms with van der Waals surface area (Å²) in [7, 11) is 0. The van der Waals surface area contributed by atoms with Crippen molar-refractivity contribution >= 4 is 11.9 Å². The summed E-state index contributed by atoms with van der Waals surface area (Å²) in [6.45, 7) is 8.48. The molecule has 0 bridgehead atoms. The number of aliphatic imine (C=N–C) groups is 1. The summed E-state index contributed by atoms with van der Waals surface area (Å²) in [5, 5.41) is 3.34. The van der Waals surface area contributed by atoms with Crippen molar-refractivity contribution in [2.45, 2.75) is 20.3 Å². The molecule has 120 valence electrons. The lowest BCUT2D eigenvalue weighted by Gasteiger charge is -2.36. The molecule has 0 radical (unpaired) electrons. The fraction of sp³-hybridized carbons (Fsp3) is 0.562. The Morgan fingerprint density at radius 3 is 2.64 bits per heavy atom.